The number of benzene rings is 1. The fraction of sp³-hybridized carbons (Fsp3) is 0.222. The smallest absolute Gasteiger partial charge is 0.0528 e. The van der Waals surface area contributed by atoms with Gasteiger partial charge in [-0.3, -0.25) is 0 Å². The van der Waals surface area contributed by atoms with Crippen molar-refractivity contribution in [1.29, 1.82) is 0 Å². The summed E-state index contributed by atoms with van der Waals surface area (Å²) >= 11 is 1.49. The second-order valence-electron chi connectivity index (χ2n) is 2.23. The molecule has 0 radical (unpaired) electrons. The Morgan fingerprint density at radius 1 is 1.27 bits per heavy atom. The Hall–Kier alpha value is -0.760. The van der Waals surface area contributed by atoms with Gasteiger partial charge in [0, 0.05) is 6.26 Å². The van der Waals surface area contributed by atoms with Gasteiger partial charge in [0.2, 0.25) is 0 Å². The molecule has 0 spiro atoms. The van der Waals surface area contributed by atoms with Crippen LogP contribution in [0.25, 0.3) is 0 Å². The van der Waals surface area contributed by atoms with Gasteiger partial charge in [0.15, 0.2) is 0 Å². The van der Waals surface area contributed by atoms with Crippen molar-refractivity contribution in [2.75, 3.05) is 6.26 Å². The predicted molar refractivity (Wildman–Crippen MR) is 52.2 cm³/mol. The van der Waals surface area contributed by atoms with Gasteiger partial charge in [0.05, 0.1) is 5.71 Å². The van der Waals surface area contributed by atoms with Crippen LogP contribution in [0.15, 0.2) is 34.7 Å². The number of nitrogens with zero attached hydrogens (tertiary/aromatic N) is 1. The summed E-state index contributed by atoms with van der Waals surface area (Å²) in [5, 5.41) is 0. The third kappa shape index (κ3) is 2.39. The first-order chi connectivity index (χ1) is 5.34. The summed E-state index contributed by atoms with van der Waals surface area (Å²) in [5.41, 5.74) is 2.28. The third-order valence-corrected chi connectivity index (χ3v) is 1.88. The topological polar surface area (TPSA) is 12.4 Å². The van der Waals surface area contributed by atoms with E-state index >= 15 is 0 Å². The first-order valence-corrected chi connectivity index (χ1v) is 4.66. The van der Waals surface area contributed by atoms with Crippen molar-refractivity contribution in [2.45, 2.75) is 6.92 Å². The van der Waals surface area contributed by atoms with Gasteiger partial charge in [-0.05, 0) is 24.4 Å². The molecule has 0 saturated carbocycles. The molecule has 0 aliphatic heterocycles. The Labute approximate surface area is 71.7 Å². The van der Waals surface area contributed by atoms with E-state index in [2.05, 4.69) is 16.5 Å². The van der Waals surface area contributed by atoms with Crippen LogP contribution in [-0.4, -0.2) is 12.0 Å². The van der Waals surface area contributed by atoms with E-state index in [1.165, 1.54) is 17.5 Å². The lowest BCUT2D eigenvalue weighted by molar-refractivity contribution is 1.60. The van der Waals surface area contributed by atoms with Crippen molar-refractivity contribution in [1.82, 2.24) is 0 Å². The summed E-state index contributed by atoms with van der Waals surface area (Å²) in [6.07, 6.45) is 1.96. The first kappa shape index (κ1) is 8.34. The van der Waals surface area contributed by atoms with Gasteiger partial charge in [-0.2, -0.15) is 0 Å². The molecule has 0 aliphatic rings. The average Bonchev–Trinajstić information content (AvgIpc) is 2.07. The Kier molecular flexibility index (Phi) is 3.17. The SMILES string of the molecule is CS/N=C(\C)c1ccccc1. The Balaban J connectivity index is 2.85. The molecule has 1 nitrogen and oxygen atoms in total. The average molecular weight is 165 g/mol. The molecule has 0 aromatic heterocycles. The summed E-state index contributed by atoms with van der Waals surface area (Å²) in [7, 11) is 0. The Morgan fingerprint density at radius 2 is 1.91 bits per heavy atom. The van der Waals surface area contributed by atoms with Crippen molar-refractivity contribution < 1.29 is 0 Å². The van der Waals surface area contributed by atoms with E-state index in [4.69, 9.17) is 0 Å². The lowest BCUT2D eigenvalue weighted by Crippen LogP contribution is -1.91. The van der Waals surface area contributed by atoms with Gasteiger partial charge < -0.3 is 0 Å². The van der Waals surface area contributed by atoms with Crippen molar-refractivity contribution in [3.8, 4) is 0 Å². The minimum atomic E-state index is 1.08. The molecule has 0 aliphatic carbocycles. The van der Waals surface area contributed by atoms with Crippen LogP contribution in [0.1, 0.15) is 12.5 Å². The van der Waals surface area contributed by atoms with Gasteiger partial charge >= 0.3 is 0 Å². The quantitative estimate of drug-likeness (QED) is 0.485. The summed E-state index contributed by atoms with van der Waals surface area (Å²) in [6, 6.07) is 10.2. The van der Waals surface area contributed by atoms with Crippen LogP contribution in [-0.2, 0) is 0 Å². The van der Waals surface area contributed by atoms with Crippen LogP contribution in [0.4, 0.5) is 0 Å². The fourth-order valence-electron chi connectivity index (χ4n) is 0.869. The molecule has 1 aromatic rings. The minimum absolute atomic E-state index is 1.08. The summed E-state index contributed by atoms with van der Waals surface area (Å²) < 4.78 is 4.23. The van der Waals surface area contributed by atoms with E-state index in [0.29, 0.717) is 0 Å². The van der Waals surface area contributed by atoms with Crippen molar-refractivity contribution >= 4 is 17.7 Å². The molecule has 1 rings (SSSR count). The Morgan fingerprint density at radius 3 is 2.45 bits per heavy atom. The molecule has 2 heteroatoms. The van der Waals surface area contributed by atoms with Crippen molar-refractivity contribution in [3.63, 3.8) is 0 Å². The van der Waals surface area contributed by atoms with Crippen molar-refractivity contribution in [3.05, 3.63) is 35.9 Å². The van der Waals surface area contributed by atoms with Crippen LogP contribution in [0.5, 0.6) is 0 Å². The van der Waals surface area contributed by atoms with Crippen LogP contribution >= 0.6 is 11.9 Å². The molecule has 0 unspecified atom stereocenters. The first-order valence-electron chi connectivity index (χ1n) is 3.48. The zero-order valence-electron chi connectivity index (χ0n) is 6.74. The highest BCUT2D eigenvalue weighted by molar-refractivity contribution is 7.97. The van der Waals surface area contributed by atoms with E-state index < -0.39 is 0 Å². The molecule has 0 N–H and O–H groups in total. The standard InChI is InChI=1S/C9H11NS/c1-8(10-11-2)9-6-4-3-5-7-9/h3-7H,1-2H3/b10-8+. The molecule has 0 heterocycles. The van der Waals surface area contributed by atoms with Crippen LogP contribution in [0.3, 0.4) is 0 Å². The van der Waals surface area contributed by atoms with Crippen molar-refractivity contribution in [2.24, 2.45) is 4.40 Å². The second kappa shape index (κ2) is 4.19. The highest BCUT2D eigenvalue weighted by Gasteiger charge is 1.92. The van der Waals surface area contributed by atoms with Gasteiger partial charge in [0.25, 0.3) is 0 Å². The summed E-state index contributed by atoms with van der Waals surface area (Å²) in [4.78, 5) is 0. The number of rotatable bonds is 2. The zero-order valence-corrected chi connectivity index (χ0v) is 7.56. The molecule has 1 aromatic carbocycles. The Bertz CT molecular complexity index is 241. The monoisotopic (exact) mass is 165 g/mol. The maximum absolute atomic E-state index is 4.23. The fourth-order valence-corrected chi connectivity index (χ4v) is 1.25. The van der Waals surface area contributed by atoms with Gasteiger partial charge in [0.1, 0.15) is 0 Å². The summed E-state index contributed by atoms with van der Waals surface area (Å²) in [5.74, 6) is 0. The third-order valence-electron chi connectivity index (χ3n) is 1.42. The minimum Gasteiger partial charge on any atom is -0.221 e. The van der Waals surface area contributed by atoms with Crippen LogP contribution < -0.4 is 0 Å². The maximum Gasteiger partial charge on any atom is 0.0528 e. The molecular weight excluding hydrogens is 154 g/mol. The molecule has 11 heavy (non-hydrogen) atoms. The summed E-state index contributed by atoms with van der Waals surface area (Å²) in [6.45, 7) is 2.02. The molecule has 0 saturated heterocycles. The van der Waals surface area contributed by atoms with Gasteiger partial charge in [-0.1, -0.05) is 30.3 Å². The highest BCUT2D eigenvalue weighted by Crippen LogP contribution is 2.04. The van der Waals surface area contributed by atoms with E-state index in [1.54, 1.807) is 0 Å². The number of hydrogen-bond donors (Lipinski definition) is 0. The van der Waals surface area contributed by atoms with E-state index in [0.717, 1.165) is 5.71 Å². The zero-order chi connectivity index (χ0) is 8.10. The van der Waals surface area contributed by atoms with Crippen LogP contribution in [0, 0.1) is 0 Å². The normalized spacial score (nSPS) is 11.6. The second-order valence-corrected chi connectivity index (χ2v) is 2.77. The maximum atomic E-state index is 4.23. The lowest BCUT2D eigenvalue weighted by Gasteiger charge is -1.96. The molecule has 0 atom stereocenters. The molecular formula is C9H11NS. The van der Waals surface area contributed by atoms with E-state index in [9.17, 15) is 0 Å². The van der Waals surface area contributed by atoms with Crippen LogP contribution in [0.2, 0.25) is 0 Å². The molecule has 0 fully saturated rings. The lowest BCUT2D eigenvalue weighted by atomic mass is 10.1. The van der Waals surface area contributed by atoms with Gasteiger partial charge in [-0.15, -0.1) is 0 Å². The highest BCUT2D eigenvalue weighted by atomic mass is 32.2. The molecule has 0 bridgehead atoms. The largest absolute Gasteiger partial charge is 0.221 e. The van der Waals surface area contributed by atoms with Gasteiger partial charge in [-0.25, -0.2) is 4.40 Å². The number of hydrogen-bond acceptors (Lipinski definition) is 2. The molecule has 0 amide bonds. The van der Waals surface area contributed by atoms with E-state index in [-0.39, 0.29) is 0 Å². The molecule has 58 valence electrons. The predicted octanol–water partition coefficient (Wildman–Crippen LogP) is 2.77. The van der Waals surface area contributed by atoms with E-state index in [1.807, 2.05) is 31.4 Å².